The van der Waals surface area contributed by atoms with Crippen LogP contribution in [0.5, 0.6) is 0 Å². The fraction of sp³-hybridized carbons (Fsp3) is 0.125. The molecule has 0 aliphatic carbocycles. The first-order valence-corrected chi connectivity index (χ1v) is 8.65. The van der Waals surface area contributed by atoms with Crippen LogP contribution in [0.25, 0.3) is 11.4 Å². The fourth-order valence-corrected chi connectivity index (χ4v) is 3.31. The van der Waals surface area contributed by atoms with Crippen molar-refractivity contribution in [3.05, 3.63) is 60.5 Å². The van der Waals surface area contributed by atoms with E-state index in [9.17, 15) is 4.21 Å². The molecule has 0 aliphatic heterocycles. The summed E-state index contributed by atoms with van der Waals surface area (Å²) in [4.78, 5) is 4.88. The summed E-state index contributed by atoms with van der Waals surface area (Å²) in [5, 5.41) is 3.86. The van der Waals surface area contributed by atoms with Gasteiger partial charge in [-0.15, -0.1) is 0 Å². The van der Waals surface area contributed by atoms with E-state index in [4.69, 9.17) is 4.52 Å². The van der Waals surface area contributed by atoms with E-state index in [0.29, 0.717) is 22.3 Å². The van der Waals surface area contributed by atoms with Gasteiger partial charge in [-0.05, 0) is 36.4 Å². The quantitative estimate of drug-likeness (QED) is 0.737. The molecule has 1 aromatic heterocycles. The molecule has 0 N–H and O–H groups in total. The highest BCUT2D eigenvalue weighted by atomic mass is 32.2. The van der Waals surface area contributed by atoms with E-state index in [1.165, 1.54) is 0 Å². The molecule has 22 heavy (non-hydrogen) atoms. The van der Waals surface area contributed by atoms with Crippen LogP contribution in [0.1, 0.15) is 5.89 Å². The van der Waals surface area contributed by atoms with Gasteiger partial charge in [-0.1, -0.05) is 23.4 Å². The average molecular weight is 313 g/mol. The lowest BCUT2D eigenvalue weighted by atomic mass is 10.2. The molecule has 1 atom stereocenters. The third-order valence-corrected chi connectivity index (χ3v) is 4.82. The maximum Gasteiger partial charge on any atom is 0.223 e. The molecule has 0 fully saturated rings. The molecule has 1 unspecified atom stereocenters. The van der Waals surface area contributed by atoms with Gasteiger partial charge in [0.05, 0.1) is 15.4 Å². The molecule has 0 saturated carbocycles. The van der Waals surface area contributed by atoms with Crippen molar-refractivity contribution in [2.75, 3.05) is 6.26 Å². The van der Waals surface area contributed by atoms with Gasteiger partial charge in [0.25, 0.3) is 0 Å². The Balaban J connectivity index is 1.93. The predicted octanol–water partition coefficient (Wildman–Crippen LogP) is 3.83. The van der Waals surface area contributed by atoms with E-state index in [0.717, 1.165) is 5.56 Å². The molecular formula is C16H15N3O2S. The van der Waals surface area contributed by atoms with Crippen LogP contribution < -0.4 is 0 Å². The van der Waals surface area contributed by atoms with Gasteiger partial charge in [0.2, 0.25) is 11.7 Å². The van der Waals surface area contributed by atoms with Gasteiger partial charge in [0.1, 0.15) is 0 Å². The second-order valence-electron chi connectivity index (χ2n) is 4.89. The lowest BCUT2D eigenvalue weighted by Gasteiger charge is -2.04. The van der Waals surface area contributed by atoms with Crippen LogP contribution in [0.15, 0.2) is 68.4 Å². The van der Waals surface area contributed by atoms with Crippen LogP contribution in [-0.2, 0) is 9.73 Å². The third kappa shape index (κ3) is 3.07. The lowest BCUT2D eigenvalue weighted by Crippen LogP contribution is -1.96. The fourth-order valence-electron chi connectivity index (χ4n) is 2.01. The first kappa shape index (κ1) is 14.5. The van der Waals surface area contributed by atoms with Crippen LogP contribution in [-0.4, -0.2) is 20.6 Å². The second-order valence-corrected chi connectivity index (χ2v) is 7.15. The summed E-state index contributed by atoms with van der Waals surface area (Å²) in [5.74, 6) is 1.05. The molecule has 112 valence electrons. The molecule has 6 heteroatoms. The van der Waals surface area contributed by atoms with Crippen LogP contribution in [0.2, 0.25) is 0 Å². The Kier molecular flexibility index (Phi) is 3.77. The predicted molar refractivity (Wildman–Crippen MR) is 85.3 cm³/mol. The number of aryl methyl sites for hydroxylation is 1. The number of rotatable bonds is 3. The second kappa shape index (κ2) is 5.73. The number of benzene rings is 2. The minimum absolute atomic E-state index is 0.518. The third-order valence-electron chi connectivity index (χ3n) is 3.11. The lowest BCUT2D eigenvalue weighted by molar-refractivity contribution is 0.394. The minimum atomic E-state index is -2.46. The van der Waals surface area contributed by atoms with E-state index in [-0.39, 0.29) is 0 Å². The molecule has 1 heterocycles. The monoisotopic (exact) mass is 313 g/mol. The van der Waals surface area contributed by atoms with E-state index in [2.05, 4.69) is 14.5 Å². The Morgan fingerprint density at radius 2 is 1.73 bits per heavy atom. The van der Waals surface area contributed by atoms with Crippen LogP contribution in [0, 0.1) is 6.92 Å². The highest BCUT2D eigenvalue weighted by molar-refractivity contribution is 7.93. The van der Waals surface area contributed by atoms with Crippen molar-refractivity contribution in [2.24, 2.45) is 4.36 Å². The molecule has 0 amide bonds. The summed E-state index contributed by atoms with van der Waals surface area (Å²) in [6, 6.07) is 16.5. The molecule has 0 spiro atoms. The molecular weight excluding hydrogens is 298 g/mol. The molecule has 0 saturated heterocycles. The van der Waals surface area contributed by atoms with Gasteiger partial charge in [-0.3, -0.25) is 0 Å². The topological polar surface area (TPSA) is 68.3 Å². The molecule has 3 aromatic rings. The number of aromatic nitrogens is 2. The van der Waals surface area contributed by atoms with Gasteiger partial charge in [-0.2, -0.15) is 9.35 Å². The highest BCUT2D eigenvalue weighted by Gasteiger charge is 2.07. The number of nitrogens with zero attached hydrogens (tertiary/aromatic N) is 3. The highest BCUT2D eigenvalue weighted by Crippen LogP contribution is 2.23. The van der Waals surface area contributed by atoms with Crippen LogP contribution in [0.4, 0.5) is 5.69 Å². The van der Waals surface area contributed by atoms with Crippen molar-refractivity contribution in [1.29, 1.82) is 0 Å². The first-order valence-electron chi connectivity index (χ1n) is 6.72. The largest absolute Gasteiger partial charge is 0.339 e. The van der Waals surface area contributed by atoms with E-state index < -0.39 is 9.73 Å². The van der Waals surface area contributed by atoms with E-state index >= 15 is 0 Å². The Hall–Kier alpha value is -2.47. The number of hydrogen-bond donors (Lipinski definition) is 0. The van der Waals surface area contributed by atoms with Crippen LogP contribution >= 0.6 is 0 Å². The summed E-state index contributed by atoms with van der Waals surface area (Å²) in [6.07, 6.45) is 1.64. The van der Waals surface area contributed by atoms with Crippen molar-refractivity contribution in [3.8, 4) is 11.4 Å². The normalized spacial score (nSPS) is 13.5. The Bertz CT molecular complexity index is 893. The van der Waals surface area contributed by atoms with Crippen molar-refractivity contribution in [2.45, 2.75) is 11.8 Å². The minimum Gasteiger partial charge on any atom is -0.339 e. The maximum absolute atomic E-state index is 12.7. The van der Waals surface area contributed by atoms with Gasteiger partial charge in [0, 0.05) is 23.6 Å². The SMILES string of the molecule is Cc1nc(-c2ccc(N=S(C)(=O)c3ccccc3)cc2)no1. The van der Waals surface area contributed by atoms with Gasteiger partial charge in [0.15, 0.2) is 0 Å². The Morgan fingerprint density at radius 1 is 1.05 bits per heavy atom. The zero-order valence-electron chi connectivity index (χ0n) is 12.3. The van der Waals surface area contributed by atoms with Crippen molar-refractivity contribution >= 4 is 15.4 Å². The van der Waals surface area contributed by atoms with Crippen molar-refractivity contribution < 1.29 is 8.73 Å². The van der Waals surface area contributed by atoms with Crippen molar-refractivity contribution in [3.63, 3.8) is 0 Å². The van der Waals surface area contributed by atoms with Gasteiger partial charge >= 0.3 is 0 Å². The molecule has 0 aliphatic rings. The number of hydrogen-bond acceptors (Lipinski definition) is 5. The molecule has 5 nitrogen and oxygen atoms in total. The first-order chi connectivity index (χ1) is 10.5. The van der Waals surface area contributed by atoms with Crippen molar-refractivity contribution in [1.82, 2.24) is 10.1 Å². The maximum atomic E-state index is 12.7. The summed E-state index contributed by atoms with van der Waals surface area (Å²) >= 11 is 0. The smallest absolute Gasteiger partial charge is 0.223 e. The van der Waals surface area contributed by atoms with Crippen LogP contribution in [0.3, 0.4) is 0 Å². The Morgan fingerprint density at radius 3 is 2.32 bits per heavy atom. The summed E-state index contributed by atoms with van der Waals surface area (Å²) in [7, 11) is -2.46. The zero-order chi connectivity index (χ0) is 15.6. The zero-order valence-corrected chi connectivity index (χ0v) is 13.1. The Labute approximate surface area is 129 Å². The van der Waals surface area contributed by atoms with Gasteiger partial charge in [-0.25, -0.2) is 4.21 Å². The molecule has 2 aromatic carbocycles. The molecule has 0 radical (unpaired) electrons. The summed E-state index contributed by atoms with van der Waals surface area (Å²) in [6.45, 7) is 1.74. The summed E-state index contributed by atoms with van der Waals surface area (Å²) < 4.78 is 22.0. The standard InChI is InChI=1S/C16H15N3O2S/c1-12-17-16(18-21-12)13-8-10-14(11-9-13)19-22(2,20)15-6-4-3-5-7-15/h3-11H,1-2H3. The molecule has 3 rings (SSSR count). The summed E-state index contributed by atoms with van der Waals surface area (Å²) in [5.41, 5.74) is 1.48. The van der Waals surface area contributed by atoms with E-state index in [1.807, 2.05) is 42.5 Å². The average Bonchev–Trinajstić information content (AvgIpc) is 2.95. The van der Waals surface area contributed by atoms with Gasteiger partial charge < -0.3 is 4.52 Å². The van der Waals surface area contributed by atoms with E-state index in [1.54, 1.807) is 25.3 Å². The molecule has 0 bridgehead atoms.